The number of hydrogen-bond acceptors (Lipinski definition) is 8. The number of sulfonamides is 1. The van der Waals surface area contributed by atoms with E-state index in [1.165, 1.54) is 10.4 Å². The first kappa shape index (κ1) is 18.8. The van der Waals surface area contributed by atoms with Crippen LogP contribution in [0.3, 0.4) is 0 Å². The fourth-order valence-corrected chi connectivity index (χ4v) is 5.82. The highest BCUT2D eigenvalue weighted by atomic mass is 32.2. The largest absolute Gasteiger partial charge is 0.401 e. The number of thiophene rings is 1. The lowest BCUT2D eigenvalue weighted by molar-refractivity contribution is -0.119. The topological polar surface area (TPSA) is 123 Å². The number of amides is 1. The van der Waals surface area contributed by atoms with Crippen LogP contribution < -0.4 is 5.32 Å². The molecule has 28 heavy (non-hydrogen) atoms. The molecule has 1 amide bonds. The average molecular weight is 422 g/mol. The molecule has 0 aliphatic carbocycles. The summed E-state index contributed by atoms with van der Waals surface area (Å²) in [6.07, 6.45) is 1.03. The number of hydrogen-bond donors (Lipinski definition) is 1. The Bertz CT molecular complexity index is 1080. The summed E-state index contributed by atoms with van der Waals surface area (Å²) in [5.74, 6) is -0.321. The minimum absolute atomic E-state index is 0.0938. The lowest BCUT2D eigenvalue weighted by Crippen LogP contribution is -2.42. The normalized spacial score (nSPS) is 17.9. The summed E-state index contributed by atoms with van der Waals surface area (Å²) in [5.41, 5.74) is 1.41. The van der Waals surface area contributed by atoms with Gasteiger partial charge in [0.05, 0.1) is 0 Å². The Labute approximate surface area is 165 Å². The second-order valence-electron chi connectivity index (χ2n) is 6.40. The van der Waals surface area contributed by atoms with Crippen molar-refractivity contribution >= 4 is 33.3 Å². The second kappa shape index (κ2) is 7.11. The zero-order chi connectivity index (χ0) is 19.9. The van der Waals surface area contributed by atoms with E-state index in [9.17, 15) is 13.2 Å². The maximum atomic E-state index is 12.8. The molecule has 0 unspecified atom stereocenters. The van der Waals surface area contributed by atoms with Gasteiger partial charge in [0.1, 0.15) is 15.9 Å². The fourth-order valence-electron chi connectivity index (χ4n) is 3.05. The van der Waals surface area contributed by atoms with E-state index in [0.29, 0.717) is 25.1 Å². The lowest BCUT2D eigenvalue weighted by Gasteiger charge is -2.21. The highest BCUT2D eigenvalue weighted by molar-refractivity contribution is 7.91. The average Bonchev–Trinajstić information content (AvgIpc) is 3.43. The van der Waals surface area contributed by atoms with Crippen LogP contribution in [0.4, 0.5) is 6.01 Å². The van der Waals surface area contributed by atoms with Crippen molar-refractivity contribution in [1.29, 1.82) is 0 Å². The van der Waals surface area contributed by atoms with Crippen molar-refractivity contribution in [2.75, 3.05) is 11.9 Å². The molecule has 0 aromatic carbocycles. The van der Waals surface area contributed by atoms with Crippen LogP contribution in [0.15, 0.2) is 32.2 Å². The van der Waals surface area contributed by atoms with Gasteiger partial charge in [0.25, 0.3) is 15.9 Å². The van der Waals surface area contributed by atoms with Gasteiger partial charge in [-0.05, 0) is 37.3 Å². The first-order valence-corrected chi connectivity index (χ1v) is 10.9. The number of anilines is 1. The summed E-state index contributed by atoms with van der Waals surface area (Å²) < 4.78 is 34.1. The molecule has 1 N–H and O–H groups in total. The van der Waals surface area contributed by atoms with Gasteiger partial charge in [0, 0.05) is 19.3 Å². The van der Waals surface area contributed by atoms with Crippen LogP contribution in [-0.2, 0) is 21.9 Å². The summed E-state index contributed by atoms with van der Waals surface area (Å²) in [5, 5.41) is 16.2. The van der Waals surface area contributed by atoms with Crippen LogP contribution in [-0.4, -0.2) is 51.2 Å². The quantitative estimate of drug-likeness (QED) is 0.663. The van der Waals surface area contributed by atoms with Gasteiger partial charge in [-0.1, -0.05) is 11.2 Å². The van der Waals surface area contributed by atoms with Gasteiger partial charge in [0.15, 0.2) is 0 Å². The Hall–Kier alpha value is -2.57. The van der Waals surface area contributed by atoms with Crippen molar-refractivity contribution in [2.45, 2.75) is 30.0 Å². The molecule has 0 bridgehead atoms. The molecule has 1 aliphatic rings. The van der Waals surface area contributed by atoms with Crippen LogP contribution in [0.5, 0.6) is 0 Å². The van der Waals surface area contributed by atoms with E-state index >= 15 is 0 Å². The molecule has 4 heterocycles. The fraction of sp³-hybridized carbons (Fsp3) is 0.375. The van der Waals surface area contributed by atoms with Gasteiger partial charge >= 0.3 is 6.01 Å². The Morgan fingerprint density at radius 1 is 1.39 bits per heavy atom. The van der Waals surface area contributed by atoms with Crippen molar-refractivity contribution in [3.05, 3.63) is 29.3 Å². The zero-order valence-electron chi connectivity index (χ0n) is 15.2. The summed E-state index contributed by atoms with van der Waals surface area (Å²) in [6, 6.07) is 4.07. The monoisotopic (exact) mass is 422 g/mol. The van der Waals surface area contributed by atoms with Crippen molar-refractivity contribution in [3.8, 4) is 11.6 Å². The van der Waals surface area contributed by atoms with Crippen LogP contribution >= 0.6 is 11.3 Å². The highest BCUT2D eigenvalue weighted by Crippen LogP contribution is 2.29. The number of aromatic nitrogens is 4. The van der Waals surface area contributed by atoms with E-state index in [0.717, 1.165) is 17.0 Å². The molecule has 4 rings (SSSR count). The first-order chi connectivity index (χ1) is 13.4. The van der Waals surface area contributed by atoms with E-state index in [4.69, 9.17) is 4.42 Å². The SMILES string of the molecule is Cc1cc(-c2nnc(NC(=O)[C@H]3CCCN3S(=O)(=O)c3cccs3)o2)nn1C. The van der Waals surface area contributed by atoms with Gasteiger partial charge in [-0.25, -0.2) is 8.42 Å². The lowest BCUT2D eigenvalue weighted by atomic mass is 10.2. The van der Waals surface area contributed by atoms with E-state index in [1.807, 2.05) is 6.92 Å². The summed E-state index contributed by atoms with van der Waals surface area (Å²) in [7, 11) is -1.92. The van der Waals surface area contributed by atoms with E-state index in [-0.39, 0.29) is 16.1 Å². The minimum atomic E-state index is -3.71. The Kier molecular flexibility index (Phi) is 4.77. The third-order valence-electron chi connectivity index (χ3n) is 4.55. The van der Waals surface area contributed by atoms with Crippen LogP contribution in [0.25, 0.3) is 11.6 Å². The van der Waals surface area contributed by atoms with E-state index < -0.39 is 22.0 Å². The molecule has 1 fully saturated rings. The van der Waals surface area contributed by atoms with Crippen molar-refractivity contribution < 1.29 is 17.6 Å². The van der Waals surface area contributed by atoms with E-state index in [1.54, 1.807) is 29.2 Å². The summed E-state index contributed by atoms with van der Waals surface area (Å²) in [6.45, 7) is 2.18. The molecule has 0 spiro atoms. The Morgan fingerprint density at radius 2 is 2.21 bits per heavy atom. The number of nitrogens with zero attached hydrogens (tertiary/aromatic N) is 5. The smallest absolute Gasteiger partial charge is 0.322 e. The molecular weight excluding hydrogens is 404 g/mol. The zero-order valence-corrected chi connectivity index (χ0v) is 16.8. The van der Waals surface area contributed by atoms with Gasteiger partial charge < -0.3 is 4.42 Å². The molecule has 148 valence electrons. The maximum Gasteiger partial charge on any atom is 0.322 e. The standard InChI is InChI=1S/C16H18N6O4S2/c1-10-9-11(20-21(10)2)15-18-19-16(26-15)17-14(23)12-5-3-7-22(12)28(24,25)13-6-4-8-27-13/h4,6,8-9,12H,3,5,7H2,1-2H3,(H,17,19,23)/t12-/m1/s1. The predicted octanol–water partition coefficient (Wildman–Crippen LogP) is 1.63. The Balaban J connectivity index is 1.50. The number of rotatable bonds is 5. The van der Waals surface area contributed by atoms with E-state index in [2.05, 4.69) is 20.6 Å². The summed E-state index contributed by atoms with van der Waals surface area (Å²) >= 11 is 1.13. The van der Waals surface area contributed by atoms with Gasteiger partial charge in [-0.3, -0.25) is 14.8 Å². The van der Waals surface area contributed by atoms with Crippen LogP contribution in [0.1, 0.15) is 18.5 Å². The molecule has 10 nitrogen and oxygen atoms in total. The highest BCUT2D eigenvalue weighted by Gasteiger charge is 2.40. The molecule has 12 heteroatoms. The second-order valence-corrected chi connectivity index (χ2v) is 9.47. The molecular formula is C16H18N6O4S2. The van der Waals surface area contributed by atoms with Crippen LogP contribution in [0, 0.1) is 6.92 Å². The summed E-state index contributed by atoms with van der Waals surface area (Å²) in [4.78, 5) is 12.7. The molecule has 0 saturated carbocycles. The molecule has 3 aromatic rings. The van der Waals surface area contributed by atoms with Crippen molar-refractivity contribution in [2.24, 2.45) is 7.05 Å². The maximum absolute atomic E-state index is 12.8. The number of aryl methyl sites for hydroxylation is 2. The van der Waals surface area contributed by atoms with Crippen molar-refractivity contribution in [3.63, 3.8) is 0 Å². The Morgan fingerprint density at radius 3 is 2.89 bits per heavy atom. The van der Waals surface area contributed by atoms with Crippen molar-refractivity contribution in [1.82, 2.24) is 24.3 Å². The number of nitrogens with one attached hydrogen (secondary N) is 1. The molecule has 1 saturated heterocycles. The molecule has 1 aliphatic heterocycles. The van der Waals surface area contributed by atoms with Gasteiger partial charge in [-0.15, -0.1) is 16.4 Å². The third-order valence-corrected chi connectivity index (χ3v) is 7.83. The number of carbonyl (C=O) groups excluding carboxylic acids is 1. The number of carbonyl (C=O) groups is 1. The molecule has 0 radical (unpaired) electrons. The molecule has 1 atom stereocenters. The predicted molar refractivity (Wildman–Crippen MR) is 101 cm³/mol. The first-order valence-electron chi connectivity index (χ1n) is 8.57. The molecule has 3 aromatic heterocycles. The van der Waals surface area contributed by atoms with Gasteiger partial charge in [0.2, 0.25) is 5.91 Å². The third kappa shape index (κ3) is 3.34. The van der Waals surface area contributed by atoms with Gasteiger partial charge in [-0.2, -0.15) is 9.40 Å². The minimum Gasteiger partial charge on any atom is -0.401 e. The van der Waals surface area contributed by atoms with Crippen LogP contribution in [0.2, 0.25) is 0 Å².